The van der Waals surface area contributed by atoms with Crippen LogP contribution in [0.1, 0.15) is 47.2 Å². The number of hydrogen-bond donors (Lipinski definition) is 1. The molecule has 1 saturated heterocycles. The lowest BCUT2D eigenvalue weighted by atomic mass is 10.0. The highest BCUT2D eigenvalue weighted by Crippen LogP contribution is 2.19. The summed E-state index contributed by atoms with van der Waals surface area (Å²) in [6.07, 6.45) is 4.43. The average molecular weight is 277 g/mol. The maximum atomic E-state index is 12.0. The van der Waals surface area contributed by atoms with Gasteiger partial charge >= 0.3 is 5.97 Å². The number of carbonyl (C=O) groups is 1. The predicted molar refractivity (Wildman–Crippen MR) is 78.8 cm³/mol. The summed E-state index contributed by atoms with van der Waals surface area (Å²) in [5, 5.41) is 0. The molecular weight excluding hydrogens is 254 g/mol. The summed E-state index contributed by atoms with van der Waals surface area (Å²) in [5.41, 5.74) is 8.91. The molecular formula is C16H23NO3. The Balaban J connectivity index is 1.81. The van der Waals surface area contributed by atoms with Gasteiger partial charge in [0.05, 0.1) is 18.3 Å². The number of aryl methyl sites for hydroxylation is 2. The van der Waals surface area contributed by atoms with Crippen LogP contribution in [0.4, 0.5) is 5.69 Å². The molecule has 0 saturated carbocycles. The smallest absolute Gasteiger partial charge is 0.338 e. The third-order valence-electron chi connectivity index (χ3n) is 3.76. The zero-order valence-corrected chi connectivity index (χ0v) is 12.3. The van der Waals surface area contributed by atoms with Gasteiger partial charge in [0, 0.05) is 12.3 Å². The topological polar surface area (TPSA) is 61.5 Å². The number of hydrogen-bond acceptors (Lipinski definition) is 4. The van der Waals surface area contributed by atoms with E-state index in [-0.39, 0.29) is 5.97 Å². The van der Waals surface area contributed by atoms with Crippen LogP contribution in [0.5, 0.6) is 0 Å². The molecule has 0 bridgehead atoms. The van der Waals surface area contributed by atoms with Crippen LogP contribution in [0.3, 0.4) is 0 Å². The summed E-state index contributed by atoms with van der Waals surface area (Å²) in [7, 11) is 0. The second-order valence-electron chi connectivity index (χ2n) is 5.44. The molecule has 1 aliphatic heterocycles. The molecule has 4 heteroatoms. The minimum absolute atomic E-state index is 0.290. The number of rotatable bonds is 5. The highest BCUT2D eigenvalue weighted by Gasteiger charge is 2.16. The van der Waals surface area contributed by atoms with E-state index in [4.69, 9.17) is 15.2 Å². The molecule has 1 aromatic carbocycles. The molecule has 20 heavy (non-hydrogen) atoms. The molecule has 1 fully saturated rings. The number of esters is 1. The molecule has 110 valence electrons. The Labute approximate surface area is 120 Å². The van der Waals surface area contributed by atoms with Gasteiger partial charge in [0.2, 0.25) is 0 Å². The lowest BCUT2D eigenvalue weighted by Gasteiger charge is -2.11. The van der Waals surface area contributed by atoms with Crippen molar-refractivity contribution < 1.29 is 14.3 Å². The highest BCUT2D eigenvalue weighted by molar-refractivity contribution is 5.92. The van der Waals surface area contributed by atoms with E-state index in [1.165, 1.54) is 0 Å². The Kier molecular flexibility index (Phi) is 5.01. The number of benzene rings is 1. The van der Waals surface area contributed by atoms with Crippen molar-refractivity contribution in [1.82, 2.24) is 0 Å². The summed E-state index contributed by atoms with van der Waals surface area (Å²) in [6, 6.07) is 3.62. The molecule has 1 aliphatic rings. The van der Waals surface area contributed by atoms with E-state index in [0.717, 1.165) is 43.4 Å². The van der Waals surface area contributed by atoms with E-state index in [1.54, 1.807) is 6.07 Å². The fourth-order valence-electron chi connectivity index (χ4n) is 2.51. The van der Waals surface area contributed by atoms with Gasteiger partial charge in [-0.3, -0.25) is 0 Å². The van der Waals surface area contributed by atoms with Crippen molar-refractivity contribution in [3.63, 3.8) is 0 Å². The quantitative estimate of drug-likeness (QED) is 0.510. The van der Waals surface area contributed by atoms with Gasteiger partial charge in [0.25, 0.3) is 0 Å². The van der Waals surface area contributed by atoms with Crippen LogP contribution in [0.25, 0.3) is 0 Å². The Hall–Kier alpha value is -1.55. The van der Waals surface area contributed by atoms with Crippen LogP contribution in [0, 0.1) is 13.8 Å². The number of anilines is 1. The van der Waals surface area contributed by atoms with Crippen molar-refractivity contribution in [2.45, 2.75) is 45.6 Å². The second kappa shape index (κ2) is 6.75. The van der Waals surface area contributed by atoms with Gasteiger partial charge in [0.15, 0.2) is 0 Å². The van der Waals surface area contributed by atoms with Gasteiger partial charge in [-0.15, -0.1) is 0 Å². The third-order valence-corrected chi connectivity index (χ3v) is 3.76. The molecule has 2 rings (SSSR count). The monoisotopic (exact) mass is 277 g/mol. The first kappa shape index (κ1) is 14.9. The molecule has 0 aromatic heterocycles. The summed E-state index contributed by atoms with van der Waals surface area (Å²) < 4.78 is 10.8. The minimum atomic E-state index is -0.290. The SMILES string of the molecule is Cc1cc(C)c(C(=O)OCCCC2CCCO2)cc1N. The molecule has 1 atom stereocenters. The number of nitrogens with two attached hydrogens (primary N) is 1. The molecule has 1 aromatic rings. The summed E-state index contributed by atoms with van der Waals surface area (Å²) in [5.74, 6) is -0.290. The normalized spacial score (nSPS) is 18.2. The number of nitrogen functional groups attached to an aromatic ring is 1. The van der Waals surface area contributed by atoms with Crippen molar-refractivity contribution in [1.29, 1.82) is 0 Å². The molecule has 0 radical (unpaired) electrons. The van der Waals surface area contributed by atoms with Crippen molar-refractivity contribution in [3.8, 4) is 0 Å². The van der Waals surface area contributed by atoms with E-state index >= 15 is 0 Å². The van der Waals surface area contributed by atoms with Gasteiger partial charge < -0.3 is 15.2 Å². The predicted octanol–water partition coefficient (Wildman–Crippen LogP) is 3.00. The minimum Gasteiger partial charge on any atom is -0.462 e. The molecule has 1 heterocycles. The van der Waals surface area contributed by atoms with Crippen molar-refractivity contribution in [3.05, 3.63) is 28.8 Å². The first-order chi connectivity index (χ1) is 9.58. The number of ether oxygens (including phenoxy) is 2. The first-order valence-corrected chi connectivity index (χ1v) is 7.23. The molecule has 2 N–H and O–H groups in total. The second-order valence-corrected chi connectivity index (χ2v) is 5.44. The maximum absolute atomic E-state index is 12.0. The maximum Gasteiger partial charge on any atom is 0.338 e. The van der Waals surface area contributed by atoms with E-state index in [0.29, 0.717) is 24.0 Å². The van der Waals surface area contributed by atoms with Crippen LogP contribution in [-0.4, -0.2) is 25.3 Å². The lowest BCUT2D eigenvalue weighted by Crippen LogP contribution is -2.11. The average Bonchev–Trinajstić information content (AvgIpc) is 2.92. The van der Waals surface area contributed by atoms with Crippen LogP contribution in [0.15, 0.2) is 12.1 Å². The van der Waals surface area contributed by atoms with Gasteiger partial charge in [0.1, 0.15) is 0 Å². The van der Waals surface area contributed by atoms with Gasteiger partial charge in [-0.05, 0) is 56.7 Å². The summed E-state index contributed by atoms with van der Waals surface area (Å²) in [6.45, 7) is 5.13. The molecule has 0 amide bonds. The first-order valence-electron chi connectivity index (χ1n) is 7.23. The molecule has 0 aliphatic carbocycles. The highest BCUT2D eigenvalue weighted by atomic mass is 16.5. The Morgan fingerprint density at radius 2 is 2.20 bits per heavy atom. The van der Waals surface area contributed by atoms with E-state index in [1.807, 2.05) is 19.9 Å². The lowest BCUT2D eigenvalue weighted by molar-refractivity contribution is 0.0460. The Morgan fingerprint density at radius 3 is 2.90 bits per heavy atom. The third kappa shape index (κ3) is 3.73. The fourth-order valence-corrected chi connectivity index (χ4v) is 2.51. The largest absolute Gasteiger partial charge is 0.462 e. The van der Waals surface area contributed by atoms with Gasteiger partial charge in [-0.2, -0.15) is 0 Å². The summed E-state index contributed by atoms with van der Waals surface area (Å²) >= 11 is 0. The van der Waals surface area contributed by atoms with Crippen LogP contribution in [-0.2, 0) is 9.47 Å². The zero-order valence-electron chi connectivity index (χ0n) is 12.3. The molecule has 1 unspecified atom stereocenters. The zero-order chi connectivity index (χ0) is 14.5. The van der Waals surface area contributed by atoms with Crippen molar-refractivity contribution in [2.24, 2.45) is 0 Å². The van der Waals surface area contributed by atoms with Crippen LogP contribution >= 0.6 is 0 Å². The van der Waals surface area contributed by atoms with E-state index in [2.05, 4.69) is 0 Å². The van der Waals surface area contributed by atoms with Gasteiger partial charge in [-0.1, -0.05) is 6.07 Å². The molecule has 4 nitrogen and oxygen atoms in total. The van der Waals surface area contributed by atoms with Gasteiger partial charge in [-0.25, -0.2) is 4.79 Å². The van der Waals surface area contributed by atoms with Crippen LogP contribution < -0.4 is 5.73 Å². The van der Waals surface area contributed by atoms with E-state index in [9.17, 15) is 4.79 Å². The van der Waals surface area contributed by atoms with Crippen molar-refractivity contribution >= 4 is 11.7 Å². The Morgan fingerprint density at radius 1 is 1.40 bits per heavy atom. The fraction of sp³-hybridized carbons (Fsp3) is 0.562. The van der Waals surface area contributed by atoms with Crippen molar-refractivity contribution in [2.75, 3.05) is 18.9 Å². The molecule has 0 spiro atoms. The summed E-state index contributed by atoms with van der Waals surface area (Å²) in [4.78, 5) is 12.0. The standard InChI is InChI=1S/C16H23NO3/c1-11-9-12(2)15(17)10-14(11)16(18)20-8-4-6-13-5-3-7-19-13/h9-10,13H,3-8,17H2,1-2H3. The number of carbonyl (C=O) groups excluding carboxylic acids is 1. The van der Waals surface area contributed by atoms with E-state index < -0.39 is 0 Å². The Bertz CT molecular complexity index is 479. The van der Waals surface area contributed by atoms with Crippen LogP contribution in [0.2, 0.25) is 0 Å².